The van der Waals surface area contributed by atoms with Gasteiger partial charge in [-0.05, 0) is 18.9 Å². The SMILES string of the molecule is C=C(C)CSc1nnc(SCC(=O)c2c[nH]c3c(CC)cccc23)s1. The number of carbonyl (C=O) groups is 1. The summed E-state index contributed by atoms with van der Waals surface area (Å²) < 4.78 is 1.74. The van der Waals surface area contributed by atoms with Crippen molar-refractivity contribution in [1.82, 2.24) is 15.2 Å². The van der Waals surface area contributed by atoms with Gasteiger partial charge in [-0.25, -0.2) is 0 Å². The summed E-state index contributed by atoms with van der Waals surface area (Å²) in [5, 5.41) is 9.31. The molecule has 0 aliphatic carbocycles. The van der Waals surface area contributed by atoms with Crippen molar-refractivity contribution in [1.29, 1.82) is 0 Å². The van der Waals surface area contributed by atoms with Gasteiger partial charge in [-0.1, -0.05) is 72.1 Å². The van der Waals surface area contributed by atoms with Crippen molar-refractivity contribution in [3.05, 3.63) is 47.7 Å². The molecule has 7 heteroatoms. The van der Waals surface area contributed by atoms with Crippen LogP contribution < -0.4 is 0 Å². The second-order valence-corrected chi connectivity index (χ2v) is 9.11. The molecule has 0 radical (unpaired) electrons. The number of thioether (sulfide) groups is 2. The van der Waals surface area contributed by atoms with Crippen LogP contribution in [0.25, 0.3) is 10.9 Å². The number of rotatable bonds is 8. The summed E-state index contributed by atoms with van der Waals surface area (Å²) in [6, 6.07) is 6.10. The quantitative estimate of drug-likeness (QED) is 0.325. The second-order valence-electron chi connectivity index (χ2n) is 5.69. The molecule has 3 rings (SSSR count). The van der Waals surface area contributed by atoms with Crippen molar-refractivity contribution in [2.45, 2.75) is 28.9 Å². The Morgan fingerprint density at radius 1 is 1.24 bits per heavy atom. The lowest BCUT2D eigenvalue weighted by Crippen LogP contribution is -2.01. The van der Waals surface area contributed by atoms with E-state index in [1.807, 2.05) is 25.3 Å². The first-order valence-corrected chi connectivity index (χ1v) is 10.7. The monoisotopic (exact) mass is 389 g/mol. The van der Waals surface area contributed by atoms with Crippen LogP contribution in [0.2, 0.25) is 0 Å². The highest BCUT2D eigenvalue weighted by Crippen LogP contribution is 2.30. The summed E-state index contributed by atoms with van der Waals surface area (Å²) in [7, 11) is 0. The van der Waals surface area contributed by atoms with Crippen LogP contribution in [0, 0.1) is 0 Å². The van der Waals surface area contributed by atoms with Crippen molar-refractivity contribution < 1.29 is 4.79 Å². The molecule has 0 bridgehead atoms. The number of aromatic amines is 1. The predicted octanol–water partition coefficient (Wildman–Crippen LogP) is 5.23. The average Bonchev–Trinajstić information content (AvgIpc) is 3.24. The molecule has 0 spiro atoms. The molecule has 0 saturated carbocycles. The van der Waals surface area contributed by atoms with Gasteiger partial charge >= 0.3 is 0 Å². The first-order valence-electron chi connectivity index (χ1n) is 7.94. The van der Waals surface area contributed by atoms with E-state index in [-0.39, 0.29) is 5.78 Å². The van der Waals surface area contributed by atoms with E-state index in [1.165, 1.54) is 28.7 Å². The molecule has 4 nitrogen and oxygen atoms in total. The van der Waals surface area contributed by atoms with Gasteiger partial charge in [0.25, 0.3) is 0 Å². The summed E-state index contributed by atoms with van der Waals surface area (Å²) in [5.74, 6) is 1.31. The highest BCUT2D eigenvalue weighted by atomic mass is 32.2. The lowest BCUT2D eigenvalue weighted by atomic mass is 10.1. The van der Waals surface area contributed by atoms with E-state index in [0.717, 1.165) is 42.9 Å². The number of fused-ring (bicyclic) bond motifs is 1. The summed E-state index contributed by atoms with van der Waals surface area (Å²) in [5.41, 5.74) is 4.15. The standard InChI is InChI=1S/C18H19N3OS3/c1-4-12-6-5-7-13-14(8-19-16(12)13)15(22)10-24-18-21-20-17(25-18)23-9-11(2)3/h5-8,19H,2,4,9-10H2,1,3H3. The maximum absolute atomic E-state index is 12.6. The fourth-order valence-electron chi connectivity index (χ4n) is 2.45. The van der Waals surface area contributed by atoms with Crippen LogP contribution in [-0.2, 0) is 6.42 Å². The fourth-order valence-corrected chi connectivity index (χ4v) is 5.19. The largest absolute Gasteiger partial charge is 0.360 e. The van der Waals surface area contributed by atoms with E-state index >= 15 is 0 Å². The number of carbonyl (C=O) groups excluding carboxylic acids is 1. The zero-order chi connectivity index (χ0) is 17.8. The molecule has 130 valence electrons. The number of hydrogen-bond donors (Lipinski definition) is 1. The molecular weight excluding hydrogens is 370 g/mol. The van der Waals surface area contributed by atoms with E-state index in [4.69, 9.17) is 0 Å². The maximum atomic E-state index is 12.6. The van der Waals surface area contributed by atoms with E-state index in [0.29, 0.717) is 5.75 Å². The highest BCUT2D eigenvalue weighted by molar-refractivity contribution is 8.03. The smallest absolute Gasteiger partial charge is 0.175 e. The van der Waals surface area contributed by atoms with Crippen molar-refractivity contribution >= 4 is 51.5 Å². The third-order valence-corrected chi connectivity index (χ3v) is 7.06. The van der Waals surface area contributed by atoms with E-state index in [9.17, 15) is 4.79 Å². The molecule has 0 aliphatic heterocycles. The molecule has 1 aromatic carbocycles. The number of nitrogens with zero attached hydrogens (tertiary/aromatic N) is 2. The molecule has 2 aromatic heterocycles. The van der Waals surface area contributed by atoms with E-state index < -0.39 is 0 Å². The Kier molecular flexibility index (Phi) is 5.98. The Hall–Kier alpha value is -1.57. The number of ketones is 1. The average molecular weight is 390 g/mol. The van der Waals surface area contributed by atoms with Gasteiger partial charge in [0.05, 0.1) is 5.75 Å². The molecule has 3 aromatic rings. The van der Waals surface area contributed by atoms with Gasteiger partial charge in [0.15, 0.2) is 14.5 Å². The van der Waals surface area contributed by atoms with Crippen LogP contribution in [0.5, 0.6) is 0 Å². The molecule has 1 N–H and O–H groups in total. The molecule has 0 unspecified atom stereocenters. The number of H-pyrrole nitrogens is 1. The second kappa shape index (κ2) is 8.21. The molecule has 25 heavy (non-hydrogen) atoms. The number of aromatic nitrogens is 3. The third-order valence-electron chi connectivity index (χ3n) is 3.64. The number of Topliss-reactive ketones (excluding diaryl/α,β-unsaturated/α-hetero) is 1. The first-order chi connectivity index (χ1) is 12.1. The maximum Gasteiger partial charge on any atom is 0.175 e. The molecule has 0 fully saturated rings. The van der Waals surface area contributed by atoms with Gasteiger partial charge < -0.3 is 4.98 Å². The Balaban J connectivity index is 1.66. The molecule has 2 heterocycles. The Morgan fingerprint density at radius 2 is 1.96 bits per heavy atom. The van der Waals surface area contributed by atoms with Crippen LogP contribution in [-0.4, -0.2) is 32.5 Å². The number of nitrogens with one attached hydrogen (secondary N) is 1. The first kappa shape index (κ1) is 18.2. The third kappa shape index (κ3) is 4.34. The van der Waals surface area contributed by atoms with Gasteiger partial charge in [-0.3, -0.25) is 4.79 Å². The Morgan fingerprint density at radius 3 is 2.64 bits per heavy atom. The highest BCUT2D eigenvalue weighted by Gasteiger charge is 2.15. The van der Waals surface area contributed by atoms with Gasteiger partial charge in [-0.2, -0.15) is 0 Å². The fraction of sp³-hybridized carbons (Fsp3) is 0.278. The Labute approximate surface area is 159 Å². The summed E-state index contributed by atoms with van der Waals surface area (Å²) in [4.78, 5) is 15.9. The van der Waals surface area contributed by atoms with E-state index in [1.54, 1.807) is 11.8 Å². The minimum absolute atomic E-state index is 0.107. The lowest BCUT2D eigenvalue weighted by molar-refractivity contribution is 0.102. The van der Waals surface area contributed by atoms with Crippen LogP contribution in [0.15, 0.2) is 45.2 Å². The van der Waals surface area contributed by atoms with Crippen LogP contribution in [0.1, 0.15) is 29.8 Å². The van der Waals surface area contributed by atoms with Gasteiger partial charge in [-0.15, -0.1) is 10.2 Å². The van der Waals surface area contributed by atoms with Gasteiger partial charge in [0.1, 0.15) is 0 Å². The molecule has 0 aliphatic rings. The minimum Gasteiger partial charge on any atom is -0.360 e. The van der Waals surface area contributed by atoms with Crippen LogP contribution >= 0.6 is 34.9 Å². The number of para-hydroxylation sites is 1. The lowest BCUT2D eigenvalue weighted by Gasteiger charge is -2.00. The summed E-state index contributed by atoms with van der Waals surface area (Å²) in [6.07, 6.45) is 2.76. The molecular formula is C18H19N3OS3. The summed E-state index contributed by atoms with van der Waals surface area (Å²) >= 11 is 4.60. The molecule has 0 amide bonds. The van der Waals surface area contributed by atoms with Crippen molar-refractivity contribution in [2.75, 3.05) is 11.5 Å². The predicted molar refractivity (Wildman–Crippen MR) is 108 cm³/mol. The number of benzene rings is 1. The van der Waals surface area contributed by atoms with Gasteiger partial charge in [0, 0.05) is 28.4 Å². The molecule has 0 atom stereocenters. The normalized spacial score (nSPS) is 11.1. The topological polar surface area (TPSA) is 58.6 Å². The van der Waals surface area contributed by atoms with Crippen molar-refractivity contribution in [3.8, 4) is 0 Å². The Bertz CT molecular complexity index is 913. The number of aryl methyl sites for hydroxylation is 1. The van der Waals surface area contributed by atoms with Crippen LogP contribution in [0.4, 0.5) is 0 Å². The zero-order valence-electron chi connectivity index (χ0n) is 14.2. The molecule has 0 saturated heterocycles. The van der Waals surface area contributed by atoms with Crippen LogP contribution in [0.3, 0.4) is 0 Å². The van der Waals surface area contributed by atoms with E-state index in [2.05, 4.69) is 34.8 Å². The zero-order valence-corrected chi connectivity index (χ0v) is 16.6. The van der Waals surface area contributed by atoms with Gasteiger partial charge in [0.2, 0.25) is 0 Å². The van der Waals surface area contributed by atoms with Crippen molar-refractivity contribution in [3.63, 3.8) is 0 Å². The minimum atomic E-state index is 0.107. The number of hydrogen-bond acceptors (Lipinski definition) is 6. The summed E-state index contributed by atoms with van der Waals surface area (Å²) in [6.45, 7) is 8.00. The van der Waals surface area contributed by atoms with Crippen molar-refractivity contribution in [2.24, 2.45) is 0 Å².